The first-order valence-electron chi connectivity index (χ1n) is 12.7. The Morgan fingerprint density at radius 1 is 0.946 bits per heavy atom. The Labute approximate surface area is 212 Å². The van der Waals surface area contributed by atoms with Crippen LogP contribution >= 0.6 is 0 Å². The summed E-state index contributed by atoms with van der Waals surface area (Å²) in [6.07, 6.45) is -12.6. The van der Waals surface area contributed by atoms with Crippen molar-refractivity contribution in [3.8, 4) is 0 Å². The van der Waals surface area contributed by atoms with E-state index in [-0.39, 0.29) is 38.9 Å². The molecule has 0 saturated carbocycles. The van der Waals surface area contributed by atoms with Crippen LogP contribution < -0.4 is 16.2 Å². The second-order valence-corrected chi connectivity index (χ2v) is 11.0. The van der Waals surface area contributed by atoms with Crippen LogP contribution in [0.5, 0.6) is 0 Å². The molecular weight excluding hydrogens is 504 g/mol. The lowest BCUT2D eigenvalue weighted by Crippen LogP contribution is -2.61. The third-order valence-electron chi connectivity index (χ3n) is 7.51. The predicted octanol–water partition coefficient (Wildman–Crippen LogP) is 5.15. The average Bonchev–Trinajstić information content (AvgIpc) is 3.31. The SMILES string of the molecule is CC1(C)CCCC[C@](OCc2ccccc2)(C(F)(F)F)C2NNC(O2)C2CCC(C(F)(F)F)C(N2)OC1. The van der Waals surface area contributed by atoms with E-state index in [0.29, 0.717) is 18.4 Å². The maximum absolute atomic E-state index is 14.8. The number of fused-ring (bicyclic) bond motifs is 5. The van der Waals surface area contributed by atoms with Crippen molar-refractivity contribution in [2.24, 2.45) is 11.3 Å². The van der Waals surface area contributed by atoms with Gasteiger partial charge in [0.25, 0.3) is 0 Å². The van der Waals surface area contributed by atoms with E-state index >= 15 is 0 Å². The van der Waals surface area contributed by atoms with E-state index in [1.165, 1.54) is 0 Å². The lowest BCUT2D eigenvalue weighted by Gasteiger charge is -2.42. The van der Waals surface area contributed by atoms with Gasteiger partial charge in [0.05, 0.1) is 25.2 Å². The van der Waals surface area contributed by atoms with Gasteiger partial charge in [-0.2, -0.15) is 26.3 Å². The lowest BCUT2D eigenvalue weighted by atomic mass is 9.85. The molecule has 3 fully saturated rings. The molecule has 3 aliphatic heterocycles. The van der Waals surface area contributed by atoms with Crippen molar-refractivity contribution in [1.29, 1.82) is 0 Å². The van der Waals surface area contributed by atoms with Gasteiger partial charge >= 0.3 is 12.4 Å². The van der Waals surface area contributed by atoms with Crippen molar-refractivity contribution in [2.45, 2.75) is 102 Å². The van der Waals surface area contributed by atoms with E-state index in [1.807, 2.05) is 13.8 Å². The molecule has 1 aromatic carbocycles. The summed E-state index contributed by atoms with van der Waals surface area (Å²) >= 11 is 0. The second-order valence-electron chi connectivity index (χ2n) is 11.0. The fourth-order valence-corrected chi connectivity index (χ4v) is 5.27. The minimum Gasteiger partial charge on any atom is -0.362 e. The summed E-state index contributed by atoms with van der Waals surface area (Å²) in [6, 6.07) is 7.87. The molecule has 12 heteroatoms. The fraction of sp³-hybridized carbons (Fsp3) is 0.760. The maximum atomic E-state index is 14.8. The molecule has 1 aromatic rings. The molecule has 0 amide bonds. The summed E-state index contributed by atoms with van der Waals surface area (Å²) in [5.74, 6) is -1.72. The highest BCUT2D eigenvalue weighted by Gasteiger charge is 2.63. The highest BCUT2D eigenvalue weighted by molar-refractivity contribution is 5.14. The third kappa shape index (κ3) is 6.59. The topological polar surface area (TPSA) is 63.8 Å². The van der Waals surface area contributed by atoms with Crippen LogP contribution in [0, 0.1) is 11.3 Å². The van der Waals surface area contributed by atoms with Gasteiger partial charge in [-0.05, 0) is 36.7 Å². The minimum atomic E-state index is -4.78. The molecule has 0 radical (unpaired) electrons. The lowest BCUT2D eigenvalue weighted by molar-refractivity contribution is -0.321. The molecule has 5 unspecified atom stereocenters. The highest BCUT2D eigenvalue weighted by Crippen LogP contribution is 2.44. The summed E-state index contributed by atoms with van der Waals surface area (Å²) < 4.78 is 103. The molecule has 4 bridgehead atoms. The minimum absolute atomic E-state index is 0.0404. The van der Waals surface area contributed by atoms with Gasteiger partial charge < -0.3 is 14.2 Å². The van der Waals surface area contributed by atoms with Crippen LogP contribution in [0.1, 0.15) is 57.9 Å². The van der Waals surface area contributed by atoms with E-state index in [1.54, 1.807) is 30.3 Å². The number of halogens is 6. The molecule has 3 N–H and O–H groups in total. The normalized spacial score (nSPS) is 35.6. The summed E-state index contributed by atoms with van der Waals surface area (Å²) in [6.45, 7) is 3.46. The van der Waals surface area contributed by atoms with Crippen LogP contribution in [0.4, 0.5) is 26.3 Å². The fourth-order valence-electron chi connectivity index (χ4n) is 5.27. The standard InChI is InChI=1S/C25H35F6N3O3/c1-22(2)12-6-7-13-23(25(29,30)31,36-14-16-8-4-3-5-9-16)21-34-33-20(37-21)18-11-10-17(24(26,27)28)19(32-18)35-15-22/h3-5,8-9,17-21,32-34H,6-7,10-15H2,1-2H3/t17?,18?,19?,20?,21?,23-/m1/s1. The largest absolute Gasteiger partial charge is 0.421 e. The Morgan fingerprint density at radius 2 is 1.65 bits per heavy atom. The first-order valence-corrected chi connectivity index (χ1v) is 12.7. The van der Waals surface area contributed by atoms with Crippen LogP contribution in [0.15, 0.2) is 30.3 Å². The summed E-state index contributed by atoms with van der Waals surface area (Å²) in [5.41, 5.74) is 2.72. The molecule has 210 valence electrons. The van der Waals surface area contributed by atoms with Gasteiger partial charge in [0.15, 0.2) is 6.23 Å². The number of hydrogen-bond acceptors (Lipinski definition) is 6. The monoisotopic (exact) mass is 539 g/mol. The van der Waals surface area contributed by atoms with Crippen LogP contribution in [0.25, 0.3) is 0 Å². The molecule has 0 spiro atoms. The summed E-state index contributed by atoms with van der Waals surface area (Å²) in [5, 5.41) is 2.86. The molecule has 6 nitrogen and oxygen atoms in total. The number of nitrogens with one attached hydrogen (secondary N) is 3. The van der Waals surface area contributed by atoms with E-state index in [9.17, 15) is 26.3 Å². The predicted molar refractivity (Wildman–Crippen MR) is 123 cm³/mol. The quantitative estimate of drug-likeness (QED) is 0.462. The van der Waals surface area contributed by atoms with Gasteiger partial charge in [0, 0.05) is 0 Å². The summed E-state index contributed by atoms with van der Waals surface area (Å²) in [7, 11) is 0. The van der Waals surface area contributed by atoms with Crippen molar-refractivity contribution in [3.05, 3.63) is 35.9 Å². The Hall–Kier alpha value is -1.44. The van der Waals surface area contributed by atoms with E-state index in [2.05, 4.69) is 16.2 Å². The molecule has 0 aliphatic carbocycles. The molecule has 6 atom stereocenters. The number of piperidine rings is 1. The zero-order chi connectivity index (χ0) is 26.9. The van der Waals surface area contributed by atoms with Crippen molar-refractivity contribution in [3.63, 3.8) is 0 Å². The number of ether oxygens (including phenoxy) is 3. The number of hydrazine groups is 1. The molecule has 0 aromatic heterocycles. The van der Waals surface area contributed by atoms with Crippen molar-refractivity contribution in [1.82, 2.24) is 16.2 Å². The molecule has 3 heterocycles. The summed E-state index contributed by atoms with van der Waals surface area (Å²) in [4.78, 5) is 0. The number of alkyl halides is 6. The highest BCUT2D eigenvalue weighted by atomic mass is 19.4. The van der Waals surface area contributed by atoms with Gasteiger partial charge in [-0.3, -0.25) is 5.32 Å². The van der Waals surface area contributed by atoms with E-state index < -0.39 is 54.0 Å². The smallest absolute Gasteiger partial charge is 0.362 e. The first-order chi connectivity index (χ1) is 17.3. The first kappa shape index (κ1) is 28.6. The number of rotatable bonds is 3. The van der Waals surface area contributed by atoms with Crippen LogP contribution in [-0.4, -0.2) is 49.3 Å². The molecular formula is C25H35F6N3O3. The van der Waals surface area contributed by atoms with E-state index in [4.69, 9.17) is 14.2 Å². The van der Waals surface area contributed by atoms with E-state index in [0.717, 1.165) is 0 Å². The number of hydrogen-bond donors (Lipinski definition) is 3. The average molecular weight is 540 g/mol. The van der Waals surface area contributed by atoms with Gasteiger partial charge in [-0.1, -0.05) is 57.0 Å². The van der Waals surface area contributed by atoms with Gasteiger partial charge in [-0.25, -0.2) is 10.9 Å². The Kier molecular flexibility index (Phi) is 8.47. The third-order valence-corrected chi connectivity index (χ3v) is 7.51. The Bertz CT molecular complexity index is 885. The molecule has 4 rings (SSSR count). The maximum Gasteiger partial charge on any atom is 0.421 e. The van der Waals surface area contributed by atoms with Crippen molar-refractivity contribution >= 4 is 0 Å². The molecule has 3 saturated heterocycles. The zero-order valence-electron chi connectivity index (χ0n) is 20.9. The van der Waals surface area contributed by atoms with Gasteiger partial charge in [0.2, 0.25) is 5.60 Å². The van der Waals surface area contributed by atoms with Gasteiger partial charge in [-0.15, -0.1) is 0 Å². The van der Waals surface area contributed by atoms with Crippen molar-refractivity contribution < 1.29 is 40.6 Å². The van der Waals surface area contributed by atoms with Crippen LogP contribution in [0.3, 0.4) is 0 Å². The Morgan fingerprint density at radius 3 is 2.32 bits per heavy atom. The number of benzene rings is 1. The zero-order valence-corrected chi connectivity index (χ0v) is 20.9. The molecule has 3 aliphatic rings. The van der Waals surface area contributed by atoms with Crippen molar-refractivity contribution in [2.75, 3.05) is 6.61 Å². The Balaban J connectivity index is 1.62. The van der Waals surface area contributed by atoms with Crippen LogP contribution in [0.2, 0.25) is 0 Å². The van der Waals surface area contributed by atoms with Gasteiger partial charge in [0.1, 0.15) is 12.5 Å². The van der Waals surface area contributed by atoms with Crippen LogP contribution in [-0.2, 0) is 20.8 Å². The molecule has 37 heavy (non-hydrogen) atoms. The second kappa shape index (κ2) is 11.0.